The Morgan fingerprint density at radius 1 is 1.06 bits per heavy atom. The molecule has 0 spiro atoms. The standard InChI is InChI=1S/C25H34N4O2S/c1-6-14-26-17-20-8-7-9-22(16-20)21-10-12-23(13-11-21)32(30,31)28-25-19(4)29(5)27-24(25)15-18(2)3/h7-13,16,18,26,28H,6,14-15,17H2,1-5H3. The minimum absolute atomic E-state index is 0.237. The van der Waals surface area contributed by atoms with E-state index < -0.39 is 10.0 Å². The number of aryl methyl sites for hydroxylation is 1. The Balaban J connectivity index is 1.81. The lowest BCUT2D eigenvalue weighted by Gasteiger charge is -2.11. The molecule has 0 aliphatic heterocycles. The van der Waals surface area contributed by atoms with Crippen molar-refractivity contribution in [3.63, 3.8) is 0 Å². The molecule has 1 aromatic heterocycles. The van der Waals surface area contributed by atoms with E-state index in [2.05, 4.69) is 48.0 Å². The number of rotatable bonds is 10. The summed E-state index contributed by atoms with van der Waals surface area (Å²) >= 11 is 0. The van der Waals surface area contributed by atoms with Crippen LogP contribution >= 0.6 is 0 Å². The second-order valence-electron chi connectivity index (χ2n) is 8.64. The van der Waals surface area contributed by atoms with Gasteiger partial charge in [-0.05, 0) is 67.1 Å². The average molecular weight is 455 g/mol. The number of nitrogens with one attached hydrogen (secondary N) is 2. The van der Waals surface area contributed by atoms with E-state index >= 15 is 0 Å². The minimum atomic E-state index is -3.72. The first kappa shape index (κ1) is 24.0. The molecule has 0 aliphatic carbocycles. The predicted octanol–water partition coefficient (Wildman–Crippen LogP) is 4.89. The predicted molar refractivity (Wildman–Crippen MR) is 131 cm³/mol. The highest BCUT2D eigenvalue weighted by atomic mass is 32.2. The smallest absolute Gasteiger partial charge is 0.262 e. The second-order valence-corrected chi connectivity index (χ2v) is 10.3. The zero-order valence-electron chi connectivity index (χ0n) is 19.6. The van der Waals surface area contributed by atoms with Gasteiger partial charge in [-0.25, -0.2) is 8.42 Å². The molecule has 2 N–H and O–H groups in total. The Labute approximate surface area is 192 Å². The van der Waals surface area contributed by atoms with Gasteiger partial charge in [-0.15, -0.1) is 0 Å². The molecule has 6 nitrogen and oxygen atoms in total. The van der Waals surface area contributed by atoms with E-state index in [9.17, 15) is 8.42 Å². The monoisotopic (exact) mass is 454 g/mol. The van der Waals surface area contributed by atoms with Gasteiger partial charge in [0.2, 0.25) is 0 Å². The number of hydrogen-bond donors (Lipinski definition) is 2. The van der Waals surface area contributed by atoms with E-state index in [1.165, 1.54) is 5.56 Å². The molecule has 1 heterocycles. The number of sulfonamides is 1. The fourth-order valence-electron chi connectivity index (χ4n) is 3.63. The van der Waals surface area contributed by atoms with Gasteiger partial charge in [0.05, 0.1) is 22.0 Å². The number of benzene rings is 2. The van der Waals surface area contributed by atoms with Crippen LogP contribution < -0.4 is 10.0 Å². The highest BCUT2D eigenvalue weighted by molar-refractivity contribution is 7.92. The third-order valence-electron chi connectivity index (χ3n) is 5.43. The van der Waals surface area contributed by atoms with E-state index in [1.807, 2.05) is 38.2 Å². The molecule has 3 rings (SSSR count). The van der Waals surface area contributed by atoms with Crippen LogP contribution in [0.15, 0.2) is 53.4 Å². The summed E-state index contributed by atoms with van der Waals surface area (Å²) in [5, 5.41) is 7.91. The molecule has 0 fully saturated rings. The van der Waals surface area contributed by atoms with Gasteiger partial charge in [-0.3, -0.25) is 9.40 Å². The number of aromatic nitrogens is 2. The van der Waals surface area contributed by atoms with Gasteiger partial charge in [0.1, 0.15) is 0 Å². The van der Waals surface area contributed by atoms with E-state index in [-0.39, 0.29) is 4.90 Å². The van der Waals surface area contributed by atoms with Crippen LogP contribution in [0.3, 0.4) is 0 Å². The van der Waals surface area contributed by atoms with Crippen LogP contribution in [0.1, 0.15) is 44.1 Å². The SMILES string of the molecule is CCCNCc1cccc(-c2ccc(S(=O)(=O)Nc3c(CC(C)C)nn(C)c3C)cc2)c1. The van der Waals surface area contributed by atoms with E-state index in [1.54, 1.807) is 16.8 Å². The van der Waals surface area contributed by atoms with Crippen LogP contribution in [0.25, 0.3) is 11.1 Å². The Morgan fingerprint density at radius 3 is 2.44 bits per heavy atom. The van der Waals surface area contributed by atoms with Crippen molar-refractivity contribution >= 4 is 15.7 Å². The summed E-state index contributed by atoms with van der Waals surface area (Å²) in [6, 6.07) is 15.4. The lowest BCUT2D eigenvalue weighted by atomic mass is 10.0. The number of nitrogens with zero attached hydrogens (tertiary/aromatic N) is 2. The van der Waals surface area contributed by atoms with Crippen molar-refractivity contribution in [1.29, 1.82) is 0 Å². The van der Waals surface area contributed by atoms with Gasteiger partial charge in [0.25, 0.3) is 10.0 Å². The van der Waals surface area contributed by atoms with E-state index in [4.69, 9.17) is 0 Å². The Bertz CT molecular complexity index is 1150. The molecule has 172 valence electrons. The molecule has 0 radical (unpaired) electrons. The molecule has 2 aromatic carbocycles. The van der Waals surface area contributed by atoms with Crippen LogP contribution in [0, 0.1) is 12.8 Å². The quantitative estimate of drug-likeness (QED) is 0.428. The molecule has 3 aromatic rings. The maximum absolute atomic E-state index is 13.1. The van der Waals surface area contributed by atoms with Crippen molar-refractivity contribution in [3.05, 3.63) is 65.5 Å². The Hall–Kier alpha value is -2.64. The van der Waals surface area contributed by atoms with Crippen molar-refractivity contribution < 1.29 is 8.42 Å². The van der Waals surface area contributed by atoms with Crippen molar-refractivity contribution in [1.82, 2.24) is 15.1 Å². The van der Waals surface area contributed by atoms with E-state index in [0.717, 1.165) is 42.0 Å². The summed E-state index contributed by atoms with van der Waals surface area (Å²) in [4.78, 5) is 0.237. The summed E-state index contributed by atoms with van der Waals surface area (Å²) in [6.07, 6.45) is 1.81. The van der Waals surface area contributed by atoms with Gasteiger partial charge < -0.3 is 5.32 Å². The molecule has 0 bridgehead atoms. The third kappa shape index (κ3) is 5.78. The van der Waals surface area contributed by atoms with Gasteiger partial charge >= 0.3 is 0 Å². The molecular formula is C25H34N4O2S. The first-order chi connectivity index (χ1) is 15.2. The van der Waals surface area contributed by atoms with Crippen LogP contribution in [0.4, 0.5) is 5.69 Å². The van der Waals surface area contributed by atoms with Gasteiger partial charge in [-0.2, -0.15) is 5.10 Å². The summed E-state index contributed by atoms with van der Waals surface area (Å²) in [6.45, 7) is 10.0. The van der Waals surface area contributed by atoms with Crippen LogP contribution in [-0.4, -0.2) is 24.7 Å². The lowest BCUT2D eigenvalue weighted by Crippen LogP contribution is -2.15. The number of hydrogen-bond acceptors (Lipinski definition) is 4. The van der Waals surface area contributed by atoms with Crippen molar-refractivity contribution in [3.8, 4) is 11.1 Å². The molecular weight excluding hydrogens is 420 g/mol. The second kappa shape index (κ2) is 10.3. The first-order valence-electron chi connectivity index (χ1n) is 11.2. The van der Waals surface area contributed by atoms with Crippen LogP contribution in [-0.2, 0) is 30.0 Å². The molecule has 0 aliphatic rings. The first-order valence-corrected chi connectivity index (χ1v) is 12.6. The highest BCUT2D eigenvalue weighted by Crippen LogP contribution is 2.27. The summed E-state index contributed by atoms with van der Waals surface area (Å²) in [5.41, 5.74) is 5.42. The molecule has 7 heteroatoms. The maximum atomic E-state index is 13.1. The normalized spacial score (nSPS) is 11.8. The Kier molecular flexibility index (Phi) is 7.74. The van der Waals surface area contributed by atoms with Crippen molar-refractivity contribution in [2.45, 2.75) is 52.0 Å². The fourth-order valence-corrected chi connectivity index (χ4v) is 4.78. The summed E-state index contributed by atoms with van der Waals surface area (Å²) in [5.74, 6) is 0.375. The Morgan fingerprint density at radius 2 is 1.78 bits per heavy atom. The van der Waals surface area contributed by atoms with Crippen LogP contribution in [0.2, 0.25) is 0 Å². The van der Waals surface area contributed by atoms with Crippen molar-refractivity contribution in [2.75, 3.05) is 11.3 Å². The third-order valence-corrected chi connectivity index (χ3v) is 6.79. The van der Waals surface area contributed by atoms with Gasteiger partial charge in [-0.1, -0.05) is 51.1 Å². The summed E-state index contributed by atoms with van der Waals surface area (Å²) < 4.78 is 30.7. The fraction of sp³-hybridized carbons (Fsp3) is 0.400. The molecule has 0 unspecified atom stereocenters. The van der Waals surface area contributed by atoms with Crippen LogP contribution in [0.5, 0.6) is 0 Å². The van der Waals surface area contributed by atoms with Crippen molar-refractivity contribution in [2.24, 2.45) is 13.0 Å². The van der Waals surface area contributed by atoms with E-state index in [0.29, 0.717) is 18.0 Å². The molecule has 0 saturated carbocycles. The minimum Gasteiger partial charge on any atom is -0.313 e. The number of anilines is 1. The zero-order chi connectivity index (χ0) is 23.3. The molecule has 0 atom stereocenters. The average Bonchev–Trinajstić information content (AvgIpc) is 3.01. The zero-order valence-corrected chi connectivity index (χ0v) is 20.5. The largest absolute Gasteiger partial charge is 0.313 e. The van der Waals surface area contributed by atoms with Gasteiger partial charge in [0.15, 0.2) is 0 Å². The maximum Gasteiger partial charge on any atom is 0.262 e. The highest BCUT2D eigenvalue weighted by Gasteiger charge is 2.21. The lowest BCUT2D eigenvalue weighted by molar-refractivity contribution is 0.600. The molecule has 0 amide bonds. The molecule has 32 heavy (non-hydrogen) atoms. The topological polar surface area (TPSA) is 76.0 Å². The molecule has 0 saturated heterocycles. The summed E-state index contributed by atoms with van der Waals surface area (Å²) in [7, 11) is -1.89. The van der Waals surface area contributed by atoms with Gasteiger partial charge in [0, 0.05) is 13.6 Å².